The van der Waals surface area contributed by atoms with Crippen LogP contribution in [0, 0.1) is 10.1 Å². The number of aromatic hydroxyl groups is 2. The van der Waals surface area contributed by atoms with Crippen LogP contribution in [0.4, 0.5) is 0 Å². The molecule has 0 saturated carbocycles. The number of benzene rings is 1. The van der Waals surface area contributed by atoms with Gasteiger partial charge in [-0.2, -0.15) is 0 Å². The molecule has 0 unspecified atom stereocenters. The second kappa shape index (κ2) is 3.75. The van der Waals surface area contributed by atoms with Gasteiger partial charge in [-0.25, -0.2) is 0 Å². The third-order valence-corrected chi connectivity index (χ3v) is 1.63. The summed E-state index contributed by atoms with van der Waals surface area (Å²) in [5.41, 5.74) is 0.386. The number of nitro groups is 1. The quantitative estimate of drug-likeness (QED) is 0.414. The molecule has 0 fully saturated rings. The highest BCUT2D eigenvalue weighted by Gasteiger charge is 2.05. The molecule has 0 atom stereocenters. The van der Waals surface area contributed by atoms with Crippen LogP contribution in [0.1, 0.15) is 5.56 Å². The number of rotatable bonds is 3. The first-order valence-electron chi connectivity index (χ1n) is 3.72. The fourth-order valence-electron chi connectivity index (χ4n) is 0.984. The van der Waals surface area contributed by atoms with E-state index in [0.717, 1.165) is 0 Å². The van der Waals surface area contributed by atoms with Crippen molar-refractivity contribution >= 4 is 0 Å². The normalized spacial score (nSPS) is 9.85. The van der Waals surface area contributed by atoms with Gasteiger partial charge in [-0.1, -0.05) is 0 Å². The molecule has 0 saturated heterocycles. The third kappa shape index (κ3) is 2.62. The summed E-state index contributed by atoms with van der Waals surface area (Å²) < 4.78 is 0. The maximum absolute atomic E-state index is 10.0. The average Bonchev–Trinajstić information content (AvgIpc) is 2.06. The van der Waals surface area contributed by atoms with Gasteiger partial charge in [0.05, 0.1) is 0 Å². The molecule has 5 heteroatoms. The molecule has 70 valence electrons. The van der Waals surface area contributed by atoms with Crippen molar-refractivity contribution in [3.05, 3.63) is 33.9 Å². The minimum atomic E-state index is -0.469. The second-order valence-corrected chi connectivity index (χ2v) is 2.62. The van der Waals surface area contributed by atoms with Crippen LogP contribution in [-0.4, -0.2) is 21.7 Å². The third-order valence-electron chi connectivity index (χ3n) is 1.63. The highest BCUT2D eigenvalue weighted by atomic mass is 16.6. The van der Waals surface area contributed by atoms with E-state index >= 15 is 0 Å². The Morgan fingerprint density at radius 2 is 2.08 bits per heavy atom. The molecule has 13 heavy (non-hydrogen) atoms. The standard InChI is InChI=1S/C8H9NO4/c10-7-1-2-8(11)6(5-7)3-4-9(12)13/h1-2,5,10-11H,3-4H2. The van der Waals surface area contributed by atoms with Crippen LogP contribution in [0.5, 0.6) is 11.5 Å². The summed E-state index contributed by atoms with van der Waals surface area (Å²) in [5.74, 6) is -0.0317. The van der Waals surface area contributed by atoms with E-state index in [4.69, 9.17) is 5.11 Å². The molecule has 0 aliphatic carbocycles. The molecule has 0 bridgehead atoms. The van der Waals surface area contributed by atoms with Crippen molar-refractivity contribution in [2.24, 2.45) is 0 Å². The van der Waals surface area contributed by atoms with Crippen LogP contribution in [0.2, 0.25) is 0 Å². The van der Waals surface area contributed by atoms with Crippen molar-refractivity contribution in [1.82, 2.24) is 0 Å². The number of hydrogen-bond acceptors (Lipinski definition) is 4. The molecular weight excluding hydrogens is 174 g/mol. The lowest BCUT2D eigenvalue weighted by atomic mass is 10.1. The summed E-state index contributed by atoms with van der Waals surface area (Å²) in [6.45, 7) is -0.253. The first kappa shape index (κ1) is 9.31. The van der Waals surface area contributed by atoms with E-state index in [2.05, 4.69) is 0 Å². The Hall–Kier alpha value is -1.78. The zero-order chi connectivity index (χ0) is 9.84. The maximum Gasteiger partial charge on any atom is 0.208 e. The summed E-state index contributed by atoms with van der Waals surface area (Å²) in [6.07, 6.45) is 0.118. The first-order valence-corrected chi connectivity index (χ1v) is 3.72. The van der Waals surface area contributed by atoms with Gasteiger partial charge in [0, 0.05) is 16.9 Å². The van der Waals surface area contributed by atoms with Crippen LogP contribution < -0.4 is 0 Å². The van der Waals surface area contributed by atoms with Crippen LogP contribution in [0.15, 0.2) is 18.2 Å². The maximum atomic E-state index is 10.0. The molecule has 0 aliphatic rings. The van der Waals surface area contributed by atoms with Gasteiger partial charge in [0.2, 0.25) is 6.54 Å². The average molecular weight is 183 g/mol. The van der Waals surface area contributed by atoms with Gasteiger partial charge in [-0.15, -0.1) is 0 Å². The largest absolute Gasteiger partial charge is 0.508 e. The van der Waals surface area contributed by atoms with E-state index in [0.29, 0.717) is 5.56 Å². The molecule has 0 radical (unpaired) electrons. The van der Waals surface area contributed by atoms with E-state index in [-0.39, 0.29) is 24.5 Å². The second-order valence-electron chi connectivity index (χ2n) is 2.62. The lowest BCUT2D eigenvalue weighted by Crippen LogP contribution is -2.03. The number of nitrogens with zero attached hydrogens (tertiary/aromatic N) is 1. The van der Waals surface area contributed by atoms with Gasteiger partial charge in [0.25, 0.3) is 0 Å². The zero-order valence-electron chi connectivity index (χ0n) is 6.80. The molecule has 0 aliphatic heterocycles. The van der Waals surface area contributed by atoms with Crippen molar-refractivity contribution < 1.29 is 15.1 Å². The lowest BCUT2D eigenvalue weighted by molar-refractivity contribution is -0.479. The van der Waals surface area contributed by atoms with E-state index < -0.39 is 4.92 Å². The van der Waals surface area contributed by atoms with Crippen molar-refractivity contribution in [2.75, 3.05) is 6.54 Å². The van der Waals surface area contributed by atoms with Gasteiger partial charge in [0.1, 0.15) is 11.5 Å². The summed E-state index contributed by atoms with van der Waals surface area (Å²) in [4.78, 5) is 9.56. The summed E-state index contributed by atoms with van der Waals surface area (Å²) in [6, 6.07) is 3.95. The van der Waals surface area contributed by atoms with Crippen LogP contribution in [-0.2, 0) is 6.42 Å². The van der Waals surface area contributed by atoms with E-state index in [9.17, 15) is 15.2 Å². The molecule has 2 N–H and O–H groups in total. The van der Waals surface area contributed by atoms with Gasteiger partial charge >= 0.3 is 0 Å². The predicted octanol–water partition coefficient (Wildman–Crippen LogP) is 0.917. The lowest BCUT2D eigenvalue weighted by Gasteiger charge is -2.01. The van der Waals surface area contributed by atoms with E-state index in [1.54, 1.807) is 0 Å². The highest BCUT2D eigenvalue weighted by Crippen LogP contribution is 2.22. The first-order chi connectivity index (χ1) is 6.09. The number of hydrogen-bond donors (Lipinski definition) is 2. The van der Waals surface area contributed by atoms with Crippen LogP contribution in [0.3, 0.4) is 0 Å². The topological polar surface area (TPSA) is 83.6 Å². The van der Waals surface area contributed by atoms with Gasteiger partial charge < -0.3 is 10.2 Å². The van der Waals surface area contributed by atoms with Crippen molar-refractivity contribution in [3.8, 4) is 11.5 Å². The highest BCUT2D eigenvalue weighted by molar-refractivity contribution is 5.38. The SMILES string of the molecule is O=[N+]([O-])CCc1cc(O)ccc1O. The molecule has 1 aromatic rings. The Morgan fingerprint density at radius 1 is 1.38 bits per heavy atom. The Balaban J connectivity index is 2.75. The van der Waals surface area contributed by atoms with Crippen molar-refractivity contribution in [1.29, 1.82) is 0 Å². The molecule has 0 heterocycles. The summed E-state index contributed by atoms with van der Waals surface area (Å²) >= 11 is 0. The van der Waals surface area contributed by atoms with E-state index in [1.165, 1.54) is 18.2 Å². The molecule has 5 nitrogen and oxygen atoms in total. The Morgan fingerprint density at radius 3 is 2.69 bits per heavy atom. The summed E-state index contributed by atoms with van der Waals surface area (Å²) in [7, 11) is 0. The molecule has 1 rings (SSSR count). The van der Waals surface area contributed by atoms with Gasteiger partial charge in [0.15, 0.2) is 0 Å². The monoisotopic (exact) mass is 183 g/mol. The van der Waals surface area contributed by atoms with Crippen LogP contribution >= 0.6 is 0 Å². The minimum absolute atomic E-state index is 0.00357. The van der Waals surface area contributed by atoms with Gasteiger partial charge in [-0.3, -0.25) is 10.1 Å². The minimum Gasteiger partial charge on any atom is -0.508 e. The zero-order valence-corrected chi connectivity index (χ0v) is 6.80. The number of phenolic OH excluding ortho intramolecular Hbond substituents is 2. The van der Waals surface area contributed by atoms with E-state index in [1.807, 2.05) is 0 Å². The van der Waals surface area contributed by atoms with Gasteiger partial charge in [-0.05, 0) is 18.2 Å². The molecule has 0 amide bonds. The number of phenols is 2. The van der Waals surface area contributed by atoms with Crippen molar-refractivity contribution in [3.63, 3.8) is 0 Å². The molecule has 0 aromatic heterocycles. The molecular formula is C8H9NO4. The van der Waals surface area contributed by atoms with Crippen LogP contribution in [0.25, 0.3) is 0 Å². The fourth-order valence-corrected chi connectivity index (χ4v) is 0.984. The Kier molecular flexibility index (Phi) is 2.69. The fraction of sp³-hybridized carbons (Fsp3) is 0.250. The smallest absolute Gasteiger partial charge is 0.208 e. The molecule has 0 spiro atoms. The Bertz CT molecular complexity index is 324. The Labute approximate surface area is 74.4 Å². The summed E-state index contributed by atoms with van der Waals surface area (Å²) in [5, 5.41) is 28.3. The van der Waals surface area contributed by atoms with Crippen molar-refractivity contribution in [2.45, 2.75) is 6.42 Å². The molecule has 1 aromatic carbocycles. The predicted molar refractivity (Wildman–Crippen MR) is 45.3 cm³/mol.